The van der Waals surface area contributed by atoms with E-state index in [0.29, 0.717) is 30.8 Å². The number of hydrogen-bond donors (Lipinski definition) is 2. The van der Waals surface area contributed by atoms with E-state index in [9.17, 15) is 4.79 Å². The molecule has 0 bridgehead atoms. The summed E-state index contributed by atoms with van der Waals surface area (Å²) in [6.07, 6.45) is 4.42. The number of carbonyl (C=O) groups is 1. The van der Waals surface area contributed by atoms with Crippen LogP contribution in [0.5, 0.6) is 0 Å². The van der Waals surface area contributed by atoms with Gasteiger partial charge in [-0.05, 0) is 61.6 Å². The van der Waals surface area contributed by atoms with Gasteiger partial charge in [0.15, 0.2) is 0 Å². The van der Waals surface area contributed by atoms with E-state index in [2.05, 4.69) is 20.6 Å². The van der Waals surface area contributed by atoms with Crippen molar-refractivity contribution < 1.29 is 9.90 Å². The number of aryl methyl sites for hydroxylation is 2. The molecule has 0 spiro atoms. The smallest absolute Gasteiger partial charge is 0.407 e. The number of amides is 1. The number of aromatic nitrogens is 4. The molecule has 1 aliphatic carbocycles. The Balaban J connectivity index is 1.25. The molecule has 2 aliphatic rings. The lowest BCUT2D eigenvalue weighted by atomic mass is 10.0. The minimum Gasteiger partial charge on any atom is -0.465 e. The summed E-state index contributed by atoms with van der Waals surface area (Å²) < 4.78 is 1.81. The standard InChI is InChI=1S/C19H26N6O2/c1-12-9-21-24(2)18(12)16-3-4-17(23-22-16)20-6-5-13-7-14-10-25(19(26)27)11-15(14)8-13/h3-4,9,13-15H,5-8,10-11H2,1-2H3,(H,20,23)(H,26,27)/t13?,14-,15+. The van der Waals surface area contributed by atoms with Crippen LogP contribution < -0.4 is 5.32 Å². The van der Waals surface area contributed by atoms with E-state index in [0.717, 1.165) is 48.6 Å². The quantitative estimate of drug-likeness (QED) is 0.840. The normalized spacial score (nSPS) is 24.2. The highest BCUT2D eigenvalue weighted by Crippen LogP contribution is 2.42. The van der Waals surface area contributed by atoms with Gasteiger partial charge >= 0.3 is 6.09 Å². The van der Waals surface area contributed by atoms with E-state index >= 15 is 0 Å². The third kappa shape index (κ3) is 3.61. The third-order valence-corrected chi connectivity index (χ3v) is 6.01. The van der Waals surface area contributed by atoms with E-state index < -0.39 is 6.09 Å². The zero-order valence-corrected chi connectivity index (χ0v) is 15.8. The average molecular weight is 370 g/mol. The SMILES string of the molecule is Cc1cnn(C)c1-c1ccc(NCCC2C[C@@H]3CN(C(=O)O)C[C@@H]3C2)nn1. The highest BCUT2D eigenvalue weighted by Gasteiger charge is 2.41. The summed E-state index contributed by atoms with van der Waals surface area (Å²) >= 11 is 0. The van der Waals surface area contributed by atoms with Crippen molar-refractivity contribution in [1.29, 1.82) is 0 Å². The number of nitrogens with zero attached hydrogens (tertiary/aromatic N) is 5. The Hall–Kier alpha value is -2.64. The lowest BCUT2D eigenvalue weighted by molar-refractivity contribution is 0.151. The summed E-state index contributed by atoms with van der Waals surface area (Å²) in [5, 5.41) is 25.3. The summed E-state index contributed by atoms with van der Waals surface area (Å²) in [7, 11) is 1.91. The molecule has 8 heteroatoms. The molecule has 2 aromatic heterocycles. The van der Waals surface area contributed by atoms with Crippen molar-refractivity contribution in [2.24, 2.45) is 24.8 Å². The van der Waals surface area contributed by atoms with Gasteiger partial charge in [-0.2, -0.15) is 5.10 Å². The van der Waals surface area contributed by atoms with Crippen LogP contribution in [-0.2, 0) is 7.05 Å². The first-order valence-corrected chi connectivity index (χ1v) is 9.55. The van der Waals surface area contributed by atoms with Crippen LogP contribution in [-0.4, -0.2) is 55.7 Å². The summed E-state index contributed by atoms with van der Waals surface area (Å²) in [6, 6.07) is 3.93. The van der Waals surface area contributed by atoms with Gasteiger partial charge in [0.25, 0.3) is 0 Å². The zero-order valence-electron chi connectivity index (χ0n) is 15.8. The third-order valence-electron chi connectivity index (χ3n) is 6.01. The maximum absolute atomic E-state index is 11.1. The molecular weight excluding hydrogens is 344 g/mol. The van der Waals surface area contributed by atoms with E-state index in [-0.39, 0.29) is 0 Å². The summed E-state index contributed by atoms with van der Waals surface area (Å²) in [6.45, 7) is 4.31. The molecule has 3 heterocycles. The van der Waals surface area contributed by atoms with Crippen molar-refractivity contribution in [3.05, 3.63) is 23.9 Å². The van der Waals surface area contributed by atoms with E-state index in [1.54, 1.807) is 4.90 Å². The Morgan fingerprint density at radius 2 is 2.00 bits per heavy atom. The van der Waals surface area contributed by atoms with Gasteiger partial charge in [0, 0.05) is 26.7 Å². The maximum Gasteiger partial charge on any atom is 0.407 e. The molecule has 1 aliphatic heterocycles. The van der Waals surface area contributed by atoms with Crippen molar-refractivity contribution >= 4 is 11.9 Å². The van der Waals surface area contributed by atoms with E-state index in [4.69, 9.17) is 5.11 Å². The molecule has 2 fully saturated rings. The Labute approximate surface area is 158 Å². The fourth-order valence-corrected chi connectivity index (χ4v) is 4.69. The van der Waals surface area contributed by atoms with Crippen LogP contribution >= 0.6 is 0 Å². The predicted molar refractivity (Wildman–Crippen MR) is 101 cm³/mol. The molecule has 4 rings (SSSR count). The van der Waals surface area contributed by atoms with Crippen molar-refractivity contribution in [2.45, 2.75) is 26.2 Å². The second kappa shape index (κ2) is 7.17. The number of nitrogens with one attached hydrogen (secondary N) is 1. The largest absolute Gasteiger partial charge is 0.465 e. The molecule has 0 radical (unpaired) electrons. The number of fused-ring (bicyclic) bond motifs is 1. The first-order chi connectivity index (χ1) is 13.0. The number of hydrogen-bond acceptors (Lipinski definition) is 5. The highest BCUT2D eigenvalue weighted by molar-refractivity contribution is 5.65. The van der Waals surface area contributed by atoms with Crippen molar-refractivity contribution in [3.8, 4) is 11.4 Å². The molecule has 1 saturated heterocycles. The van der Waals surface area contributed by atoms with Crippen LogP contribution in [0.25, 0.3) is 11.4 Å². The first-order valence-electron chi connectivity index (χ1n) is 9.55. The fourth-order valence-electron chi connectivity index (χ4n) is 4.69. The average Bonchev–Trinajstić information content (AvgIpc) is 3.29. The van der Waals surface area contributed by atoms with Gasteiger partial charge in [-0.3, -0.25) is 4.68 Å². The van der Waals surface area contributed by atoms with Gasteiger partial charge in [-0.25, -0.2) is 4.79 Å². The number of likely N-dealkylation sites (tertiary alicyclic amines) is 1. The van der Waals surface area contributed by atoms with Crippen LogP contribution in [0.15, 0.2) is 18.3 Å². The van der Waals surface area contributed by atoms with Gasteiger partial charge < -0.3 is 15.3 Å². The van der Waals surface area contributed by atoms with E-state index in [1.165, 1.54) is 0 Å². The van der Waals surface area contributed by atoms with Gasteiger partial charge in [0.1, 0.15) is 11.5 Å². The fraction of sp³-hybridized carbons (Fsp3) is 0.579. The molecule has 0 aromatic carbocycles. The first kappa shape index (κ1) is 17.8. The summed E-state index contributed by atoms with van der Waals surface area (Å²) in [5.74, 6) is 2.56. The predicted octanol–water partition coefficient (Wildman–Crippen LogP) is 2.62. The van der Waals surface area contributed by atoms with Gasteiger partial charge in [-0.15, -0.1) is 10.2 Å². The summed E-state index contributed by atoms with van der Waals surface area (Å²) in [5.41, 5.74) is 2.90. The van der Waals surface area contributed by atoms with Gasteiger partial charge in [0.05, 0.1) is 11.9 Å². The van der Waals surface area contributed by atoms with Crippen molar-refractivity contribution in [3.63, 3.8) is 0 Å². The molecule has 1 unspecified atom stereocenters. The molecule has 144 valence electrons. The second-order valence-electron chi connectivity index (χ2n) is 7.86. The molecule has 2 aromatic rings. The van der Waals surface area contributed by atoms with Gasteiger partial charge in [-0.1, -0.05) is 0 Å². The number of anilines is 1. The van der Waals surface area contributed by atoms with Crippen molar-refractivity contribution in [2.75, 3.05) is 25.0 Å². The lowest BCUT2D eigenvalue weighted by Crippen LogP contribution is -2.28. The van der Waals surface area contributed by atoms with Crippen LogP contribution in [0.4, 0.5) is 10.6 Å². The molecule has 8 nitrogen and oxygen atoms in total. The molecule has 27 heavy (non-hydrogen) atoms. The lowest BCUT2D eigenvalue weighted by Gasteiger charge is -2.16. The minimum absolute atomic E-state index is 0.548. The zero-order chi connectivity index (χ0) is 19.0. The van der Waals surface area contributed by atoms with Gasteiger partial charge in [0.2, 0.25) is 0 Å². The molecular formula is C19H26N6O2. The maximum atomic E-state index is 11.1. The minimum atomic E-state index is -0.772. The van der Waals surface area contributed by atoms with Crippen molar-refractivity contribution in [1.82, 2.24) is 24.9 Å². The van der Waals surface area contributed by atoms with Crippen LogP contribution in [0.2, 0.25) is 0 Å². The number of carboxylic acid groups (broad SMARTS) is 1. The van der Waals surface area contributed by atoms with E-state index in [1.807, 2.05) is 37.0 Å². The second-order valence-corrected chi connectivity index (χ2v) is 7.86. The molecule has 2 N–H and O–H groups in total. The highest BCUT2D eigenvalue weighted by atomic mass is 16.4. The Bertz CT molecular complexity index is 785. The van der Waals surface area contributed by atoms with Crippen LogP contribution in [0.3, 0.4) is 0 Å². The Kier molecular flexibility index (Phi) is 4.72. The Morgan fingerprint density at radius 3 is 2.56 bits per heavy atom. The summed E-state index contributed by atoms with van der Waals surface area (Å²) in [4.78, 5) is 12.7. The molecule has 1 amide bonds. The monoisotopic (exact) mass is 370 g/mol. The van der Waals surface area contributed by atoms with Crippen LogP contribution in [0, 0.1) is 24.7 Å². The molecule has 1 saturated carbocycles. The van der Waals surface area contributed by atoms with Crippen LogP contribution in [0.1, 0.15) is 24.8 Å². The Morgan fingerprint density at radius 1 is 1.26 bits per heavy atom. The topological polar surface area (TPSA) is 96.2 Å². The molecule has 3 atom stereocenters. The number of rotatable bonds is 5.